The molecule has 0 radical (unpaired) electrons. The van der Waals surface area contributed by atoms with E-state index in [4.69, 9.17) is 14.2 Å². The number of methoxy groups -OCH3 is 2. The second-order valence-corrected chi connectivity index (χ2v) is 6.04. The molecule has 0 aliphatic heterocycles. The fourth-order valence-electron chi connectivity index (χ4n) is 3.16. The summed E-state index contributed by atoms with van der Waals surface area (Å²) >= 11 is 0. The number of benzene rings is 2. The van der Waals surface area contributed by atoms with Gasteiger partial charge in [-0.1, -0.05) is 6.07 Å². The standard InChI is InChI=1S/C20H18N4O4/c1-4-28-20(25)19-12-6-5-11(7-15(12)23-24-19)14-10-21-22-16-9-18(27-3)17(26-2)8-13(14)16/h5-10H,4H2,1-3H3,(H,23,24). The van der Waals surface area contributed by atoms with Crippen LogP contribution in [0.5, 0.6) is 11.5 Å². The number of fused-ring (bicyclic) bond motifs is 2. The Kier molecular flexibility index (Phi) is 4.52. The van der Waals surface area contributed by atoms with Crippen molar-refractivity contribution in [2.45, 2.75) is 6.92 Å². The first-order valence-corrected chi connectivity index (χ1v) is 8.69. The normalized spacial score (nSPS) is 11.0. The number of nitrogens with zero attached hydrogens (tertiary/aromatic N) is 3. The molecule has 28 heavy (non-hydrogen) atoms. The Hall–Kier alpha value is -3.68. The van der Waals surface area contributed by atoms with Crippen LogP contribution in [0.4, 0.5) is 0 Å². The summed E-state index contributed by atoms with van der Waals surface area (Å²) in [6.07, 6.45) is 1.69. The van der Waals surface area contributed by atoms with Crippen LogP contribution in [0.2, 0.25) is 0 Å². The third-order valence-corrected chi connectivity index (χ3v) is 4.49. The van der Waals surface area contributed by atoms with Gasteiger partial charge in [0.1, 0.15) is 0 Å². The molecular formula is C20H18N4O4. The van der Waals surface area contributed by atoms with Gasteiger partial charge in [-0.05, 0) is 30.7 Å². The first-order valence-electron chi connectivity index (χ1n) is 8.69. The highest BCUT2D eigenvalue weighted by Crippen LogP contribution is 2.36. The van der Waals surface area contributed by atoms with E-state index in [1.807, 2.05) is 24.3 Å². The minimum Gasteiger partial charge on any atom is -0.493 e. The van der Waals surface area contributed by atoms with E-state index in [0.29, 0.717) is 29.0 Å². The number of carbonyl (C=O) groups is 1. The van der Waals surface area contributed by atoms with Gasteiger partial charge in [0.25, 0.3) is 0 Å². The summed E-state index contributed by atoms with van der Waals surface area (Å²) in [5.41, 5.74) is 3.46. The molecule has 0 spiro atoms. The summed E-state index contributed by atoms with van der Waals surface area (Å²) in [4.78, 5) is 12.0. The predicted octanol–water partition coefficient (Wildman–Crippen LogP) is 3.37. The summed E-state index contributed by atoms with van der Waals surface area (Å²) in [6, 6.07) is 9.33. The third-order valence-electron chi connectivity index (χ3n) is 4.49. The van der Waals surface area contributed by atoms with Crippen LogP contribution in [-0.2, 0) is 4.74 Å². The van der Waals surface area contributed by atoms with E-state index in [0.717, 1.165) is 22.0 Å². The molecule has 4 aromatic rings. The molecule has 0 fully saturated rings. The van der Waals surface area contributed by atoms with Crippen LogP contribution in [0.1, 0.15) is 17.4 Å². The topological polar surface area (TPSA) is 99.2 Å². The first kappa shape index (κ1) is 17.7. The van der Waals surface area contributed by atoms with Crippen molar-refractivity contribution in [3.05, 3.63) is 42.2 Å². The number of esters is 1. The molecular weight excluding hydrogens is 360 g/mol. The molecule has 2 aromatic heterocycles. The van der Waals surface area contributed by atoms with E-state index >= 15 is 0 Å². The molecule has 0 aliphatic rings. The summed E-state index contributed by atoms with van der Waals surface area (Å²) in [5, 5.41) is 16.9. The van der Waals surface area contributed by atoms with Crippen LogP contribution >= 0.6 is 0 Å². The SMILES string of the molecule is CCOC(=O)c1n[nH]c2cc(-c3cnnc4cc(OC)c(OC)cc34)ccc12. The lowest BCUT2D eigenvalue weighted by atomic mass is 10.0. The number of ether oxygens (including phenoxy) is 3. The van der Waals surface area contributed by atoms with E-state index in [9.17, 15) is 4.79 Å². The highest BCUT2D eigenvalue weighted by Gasteiger charge is 2.17. The minimum absolute atomic E-state index is 0.271. The van der Waals surface area contributed by atoms with Crippen molar-refractivity contribution in [3.8, 4) is 22.6 Å². The number of hydrogen-bond donors (Lipinski definition) is 1. The summed E-state index contributed by atoms with van der Waals surface area (Å²) < 4.78 is 15.8. The van der Waals surface area contributed by atoms with Crippen molar-refractivity contribution >= 4 is 27.8 Å². The van der Waals surface area contributed by atoms with Gasteiger partial charge in [0, 0.05) is 22.4 Å². The lowest BCUT2D eigenvalue weighted by Crippen LogP contribution is -2.05. The van der Waals surface area contributed by atoms with Crippen LogP contribution in [0.3, 0.4) is 0 Å². The van der Waals surface area contributed by atoms with Gasteiger partial charge in [0.2, 0.25) is 0 Å². The van der Waals surface area contributed by atoms with E-state index < -0.39 is 5.97 Å². The molecule has 8 nitrogen and oxygen atoms in total. The number of H-pyrrole nitrogens is 1. The van der Waals surface area contributed by atoms with Crippen LogP contribution in [0, 0.1) is 0 Å². The maximum atomic E-state index is 12.0. The summed E-state index contributed by atoms with van der Waals surface area (Å²) in [6.45, 7) is 2.06. The van der Waals surface area contributed by atoms with Gasteiger partial charge in [0.05, 0.1) is 38.1 Å². The van der Waals surface area contributed by atoms with Crippen molar-refractivity contribution in [2.75, 3.05) is 20.8 Å². The molecule has 0 amide bonds. The molecule has 4 rings (SSSR count). The molecule has 0 saturated heterocycles. The van der Waals surface area contributed by atoms with Crippen molar-refractivity contribution in [2.24, 2.45) is 0 Å². The zero-order valence-electron chi connectivity index (χ0n) is 15.6. The van der Waals surface area contributed by atoms with Crippen LogP contribution in [0.15, 0.2) is 36.5 Å². The molecule has 0 unspecified atom stereocenters. The Morgan fingerprint density at radius 3 is 2.61 bits per heavy atom. The molecule has 0 bridgehead atoms. The van der Waals surface area contributed by atoms with Crippen molar-refractivity contribution in [1.82, 2.24) is 20.4 Å². The van der Waals surface area contributed by atoms with E-state index in [2.05, 4.69) is 20.4 Å². The predicted molar refractivity (Wildman–Crippen MR) is 104 cm³/mol. The highest BCUT2D eigenvalue weighted by molar-refractivity contribution is 6.04. The Labute approximate surface area is 160 Å². The highest BCUT2D eigenvalue weighted by atomic mass is 16.5. The third kappa shape index (κ3) is 2.88. The van der Waals surface area contributed by atoms with Crippen LogP contribution < -0.4 is 9.47 Å². The smallest absolute Gasteiger partial charge is 0.359 e. The second-order valence-electron chi connectivity index (χ2n) is 6.04. The lowest BCUT2D eigenvalue weighted by Gasteiger charge is -2.11. The van der Waals surface area contributed by atoms with Gasteiger partial charge < -0.3 is 14.2 Å². The molecule has 2 heterocycles. The molecule has 2 aromatic carbocycles. The summed E-state index contributed by atoms with van der Waals surface area (Å²) in [5.74, 6) is 0.746. The van der Waals surface area contributed by atoms with E-state index in [1.165, 1.54) is 0 Å². The average Bonchev–Trinajstić information content (AvgIpc) is 3.15. The van der Waals surface area contributed by atoms with Gasteiger partial charge in [0.15, 0.2) is 17.2 Å². The minimum atomic E-state index is -0.450. The summed E-state index contributed by atoms with van der Waals surface area (Å²) in [7, 11) is 3.17. The number of carbonyl (C=O) groups excluding carboxylic acids is 1. The lowest BCUT2D eigenvalue weighted by molar-refractivity contribution is 0.0521. The fourth-order valence-corrected chi connectivity index (χ4v) is 3.16. The molecule has 0 saturated carbocycles. The van der Waals surface area contributed by atoms with E-state index in [1.54, 1.807) is 33.4 Å². The molecule has 8 heteroatoms. The number of hydrogen-bond acceptors (Lipinski definition) is 7. The monoisotopic (exact) mass is 378 g/mol. The molecule has 0 aliphatic carbocycles. The molecule has 1 N–H and O–H groups in total. The van der Waals surface area contributed by atoms with Crippen LogP contribution in [-0.4, -0.2) is 47.2 Å². The Balaban J connectivity index is 1.86. The molecule has 0 atom stereocenters. The van der Waals surface area contributed by atoms with Gasteiger partial charge >= 0.3 is 5.97 Å². The van der Waals surface area contributed by atoms with Gasteiger partial charge in [-0.3, -0.25) is 5.10 Å². The Morgan fingerprint density at radius 2 is 1.86 bits per heavy atom. The average molecular weight is 378 g/mol. The number of aromatic amines is 1. The maximum absolute atomic E-state index is 12.0. The van der Waals surface area contributed by atoms with E-state index in [-0.39, 0.29) is 5.69 Å². The Bertz CT molecular complexity index is 1190. The zero-order valence-corrected chi connectivity index (χ0v) is 15.6. The number of aromatic nitrogens is 4. The fraction of sp³-hybridized carbons (Fsp3) is 0.200. The van der Waals surface area contributed by atoms with Crippen molar-refractivity contribution in [3.63, 3.8) is 0 Å². The molecule has 142 valence electrons. The largest absolute Gasteiger partial charge is 0.493 e. The quantitative estimate of drug-likeness (QED) is 0.532. The van der Waals surface area contributed by atoms with Gasteiger partial charge in [-0.25, -0.2) is 4.79 Å². The number of rotatable bonds is 5. The second kappa shape index (κ2) is 7.15. The van der Waals surface area contributed by atoms with Crippen molar-refractivity contribution < 1.29 is 19.0 Å². The van der Waals surface area contributed by atoms with Gasteiger partial charge in [-0.2, -0.15) is 15.3 Å². The van der Waals surface area contributed by atoms with Crippen LogP contribution in [0.25, 0.3) is 32.9 Å². The van der Waals surface area contributed by atoms with Crippen molar-refractivity contribution in [1.29, 1.82) is 0 Å². The Morgan fingerprint density at radius 1 is 1.07 bits per heavy atom. The van der Waals surface area contributed by atoms with Gasteiger partial charge in [-0.15, -0.1) is 0 Å². The maximum Gasteiger partial charge on any atom is 0.359 e. The number of nitrogens with one attached hydrogen (secondary N) is 1. The first-order chi connectivity index (χ1) is 13.7. The zero-order chi connectivity index (χ0) is 19.7.